The molecule has 1 amide bonds. The van der Waals surface area contributed by atoms with Crippen LogP contribution in [0, 0.1) is 0 Å². The molecule has 0 aliphatic carbocycles. The average Bonchev–Trinajstić information content (AvgIpc) is 3.02. The molecular weight excluding hydrogens is 278 g/mol. The minimum absolute atomic E-state index is 0.0186. The van der Waals surface area contributed by atoms with Crippen molar-refractivity contribution in [1.82, 2.24) is 15.3 Å². The van der Waals surface area contributed by atoms with Gasteiger partial charge in [0.1, 0.15) is 5.75 Å². The standard InChI is InChI=1S/C17H15N3O2/c21-17(11-5-6-14-15(9-11)19-10-18-14)20-13-7-8-22-16-4-2-1-3-12(13)16/h1-6,9-10,13H,7-8H2,(H,18,19)(H,20,21)/t13-/m0/s1. The minimum Gasteiger partial charge on any atom is -0.493 e. The number of hydrogen-bond donors (Lipinski definition) is 2. The molecule has 0 fully saturated rings. The summed E-state index contributed by atoms with van der Waals surface area (Å²) in [4.78, 5) is 19.7. The van der Waals surface area contributed by atoms with Crippen molar-refractivity contribution < 1.29 is 9.53 Å². The second-order valence-electron chi connectivity index (χ2n) is 5.34. The van der Waals surface area contributed by atoms with Crippen LogP contribution in [0.4, 0.5) is 0 Å². The molecule has 5 nitrogen and oxygen atoms in total. The van der Waals surface area contributed by atoms with E-state index in [0.29, 0.717) is 12.2 Å². The Morgan fingerprint density at radius 2 is 2.18 bits per heavy atom. The van der Waals surface area contributed by atoms with E-state index in [1.807, 2.05) is 36.4 Å². The van der Waals surface area contributed by atoms with E-state index in [0.717, 1.165) is 28.8 Å². The first-order valence-electron chi connectivity index (χ1n) is 7.27. The van der Waals surface area contributed by atoms with Gasteiger partial charge in [0.25, 0.3) is 5.91 Å². The maximum atomic E-state index is 12.5. The van der Waals surface area contributed by atoms with Crippen LogP contribution in [0.3, 0.4) is 0 Å². The fourth-order valence-corrected chi connectivity index (χ4v) is 2.81. The molecule has 3 aromatic rings. The highest BCUT2D eigenvalue weighted by atomic mass is 16.5. The lowest BCUT2D eigenvalue weighted by Crippen LogP contribution is -2.32. The third-order valence-corrected chi connectivity index (χ3v) is 3.95. The normalized spacial score (nSPS) is 16.8. The second-order valence-corrected chi connectivity index (χ2v) is 5.34. The summed E-state index contributed by atoms with van der Waals surface area (Å²) in [7, 11) is 0. The van der Waals surface area contributed by atoms with Crippen LogP contribution in [0.1, 0.15) is 28.4 Å². The van der Waals surface area contributed by atoms with Gasteiger partial charge in [-0.05, 0) is 24.3 Å². The molecule has 0 radical (unpaired) electrons. The number of hydrogen-bond acceptors (Lipinski definition) is 3. The summed E-state index contributed by atoms with van der Waals surface area (Å²) in [5.74, 6) is 0.765. The molecule has 4 rings (SSSR count). The van der Waals surface area contributed by atoms with Crippen LogP contribution in [-0.4, -0.2) is 22.5 Å². The highest BCUT2D eigenvalue weighted by Gasteiger charge is 2.23. The SMILES string of the molecule is O=C(N[C@H]1CCOc2ccccc21)c1ccc2nc[nH]c2c1. The number of H-pyrrole nitrogens is 1. The molecule has 1 aliphatic rings. The minimum atomic E-state index is -0.0850. The van der Waals surface area contributed by atoms with Crippen molar-refractivity contribution in [2.45, 2.75) is 12.5 Å². The number of ether oxygens (including phenoxy) is 1. The molecule has 2 aromatic carbocycles. The van der Waals surface area contributed by atoms with E-state index in [-0.39, 0.29) is 11.9 Å². The molecule has 0 saturated carbocycles. The molecule has 2 N–H and O–H groups in total. The van der Waals surface area contributed by atoms with Gasteiger partial charge in [-0.3, -0.25) is 4.79 Å². The number of carbonyl (C=O) groups is 1. The van der Waals surface area contributed by atoms with Crippen molar-refractivity contribution in [2.24, 2.45) is 0 Å². The quantitative estimate of drug-likeness (QED) is 0.763. The zero-order chi connectivity index (χ0) is 14.9. The number of nitrogens with zero attached hydrogens (tertiary/aromatic N) is 1. The Balaban J connectivity index is 1.59. The zero-order valence-corrected chi connectivity index (χ0v) is 11.9. The van der Waals surface area contributed by atoms with Gasteiger partial charge in [-0.1, -0.05) is 18.2 Å². The van der Waals surface area contributed by atoms with E-state index in [4.69, 9.17) is 4.74 Å². The molecule has 0 unspecified atom stereocenters. The van der Waals surface area contributed by atoms with Crippen molar-refractivity contribution in [3.8, 4) is 5.75 Å². The van der Waals surface area contributed by atoms with Gasteiger partial charge in [-0.2, -0.15) is 0 Å². The maximum absolute atomic E-state index is 12.5. The summed E-state index contributed by atoms with van der Waals surface area (Å²) < 4.78 is 5.62. The number of imidazole rings is 1. The van der Waals surface area contributed by atoms with Crippen molar-refractivity contribution in [1.29, 1.82) is 0 Å². The smallest absolute Gasteiger partial charge is 0.251 e. The molecule has 1 aromatic heterocycles. The first-order valence-corrected chi connectivity index (χ1v) is 7.27. The molecule has 0 bridgehead atoms. The molecule has 1 atom stereocenters. The Bertz CT molecular complexity index is 841. The number of para-hydroxylation sites is 1. The average molecular weight is 293 g/mol. The number of fused-ring (bicyclic) bond motifs is 2. The van der Waals surface area contributed by atoms with E-state index in [9.17, 15) is 4.79 Å². The summed E-state index contributed by atoms with van der Waals surface area (Å²) in [5.41, 5.74) is 3.37. The second kappa shape index (κ2) is 5.18. The molecular formula is C17H15N3O2. The van der Waals surface area contributed by atoms with E-state index >= 15 is 0 Å². The lowest BCUT2D eigenvalue weighted by atomic mass is 10.00. The highest BCUT2D eigenvalue weighted by Crippen LogP contribution is 2.31. The predicted molar refractivity (Wildman–Crippen MR) is 82.9 cm³/mol. The first kappa shape index (κ1) is 12.9. The largest absolute Gasteiger partial charge is 0.493 e. The molecule has 5 heteroatoms. The summed E-state index contributed by atoms with van der Waals surface area (Å²) in [6, 6.07) is 13.3. The van der Waals surface area contributed by atoms with Crippen molar-refractivity contribution in [3.05, 3.63) is 59.9 Å². The number of nitrogens with one attached hydrogen (secondary N) is 2. The van der Waals surface area contributed by atoms with Gasteiger partial charge in [0, 0.05) is 17.5 Å². The molecule has 22 heavy (non-hydrogen) atoms. The number of rotatable bonds is 2. The monoisotopic (exact) mass is 293 g/mol. The number of aromatic nitrogens is 2. The topological polar surface area (TPSA) is 67.0 Å². The van der Waals surface area contributed by atoms with Crippen LogP contribution in [0.25, 0.3) is 11.0 Å². The molecule has 2 heterocycles. The number of aromatic amines is 1. The van der Waals surface area contributed by atoms with Gasteiger partial charge in [0.15, 0.2) is 0 Å². The maximum Gasteiger partial charge on any atom is 0.251 e. The highest BCUT2D eigenvalue weighted by molar-refractivity contribution is 5.97. The van der Waals surface area contributed by atoms with Crippen LogP contribution in [0.2, 0.25) is 0 Å². The summed E-state index contributed by atoms with van der Waals surface area (Å²) in [6.45, 7) is 0.613. The molecule has 1 aliphatic heterocycles. The van der Waals surface area contributed by atoms with Crippen molar-refractivity contribution in [2.75, 3.05) is 6.61 Å². The van der Waals surface area contributed by atoms with E-state index in [1.165, 1.54) is 0 Å². The van der Waals surface area contributed by atoms with Crippen molar-refractivity contribution in [3.63, 3.8) is 0 Å². The van der Waals surface area contributed by atoms with Crippen LogP contribution >= 0.6 is 0 Å². The van der Waals surface area contributed by atoms with Gasteiger partial charge >= 0.3 is 0 Å². The van der Waals surface area contributed by atoms with Gasteiger partial charge in [-0.25, -0.2) is 4.98 Å². The lowest BCUT2D eigenvalue weighted by molar-refractivity contribution is 0.0925. The molecule has 0 saturated heterocycles. The Hall–Kier alpha value is -2.82. The Morgan fingerprint density at radius 3 is 3.14 bits per heavy atom. The number of amides is 1. The van der Waals surface area contributed by atoms with Gasteiger partial charge in [0.2, 0.25) is 0 Å². The van der Waals surface area contributed by atoms with E-state index in [2.05, 4.69) is 15.3 Å². The van der Waals surface area contributed by atoms with Crippen LogP contribution in [-0.2, 0) is 0 Å². The molecule has 110 valence electrons. The summed E-state index contributed by atoms with van der Waals surface area (Å²) >= 11 is 0. The third-order valence-electron chi connectivity index (χ3n) is 3.95. The third kappa shape index (κ3) is 2.20. The first-order chi connectivity index (χ1) is 10.8. The Labute approximate surface area is 127 Å². The molecule has 0 spiro atoms. The van der Waals surface area contributed by atoms with Gasteiger partial charge in [0.05, 0.1) is 30.0 Å². The number of benzene rings is 2. The van der Waals surface area contributed by atoms with Gasteiger partial charge in [-0.15, -0.1) is 0 Å². The Kier molecular flexibility index (Phi) is 3.04. The van der Waals surface area contributed by atoms with Crippen LogP contribution < -0.4 is 10.1 Å². The number of carbonyl (C=O) groups excluding carboxylic acids is 1. The summed E-state index contributed by atoms with van der Waals surface area (Å²) in [6.07, 6.45) is 2.40. The fraction of sp³-hybridized carbons (Fsp3) is 0.176. The van der Waals surface area contributed by atoms with Crippen LogP contribution in [0.15, 0.2) is 48.8 Å². The fourth-order valence-electron chi connectivity index (χ4n) is 2.81. The van der Waals surface area contributed by atoms with Crippen LogP contribution in [0.5, 0.6) is 5.75 Å². The Morgan fingerprint density at radius 1 is 1.27 bits per heavy atom. The van der Waals surface area contributed by atoms with Gasteiger partial charge < -0.3 is 15.0 Å². The van der Waals surface area contributed by atoms with Crippen molar-refractivity contribution >= 4 is 16.9 Å². The summed E-state index contributed by atoms with van der Waals surface area (Å²) in [5, 5.41) is 3.10. The van der Waals surface area contributed by atoms with E-state index < -0.39 is 0 Å². The zero-order valence-electron chi connectivity index (χ0n) is 11.9. The lowest BCUT2D eigenvalue weighted by Gasteiger charge is -2.26. The predicted octanol–water partition coefficient (Wildman–Crippen LogP) is 2.82. The van der Waals surface area contributed by atoms with E-state index in [1.54, 1.807) is 12.4 Å².